The molecule has 8 heteroatoms. The molecule has 0 fully saturated rings. The zero-order valence-electron chi connectivity index (χ0n) is 15.1. The van der Waals surface area contributed by atoms with E-state index in [-0.39, 0.29) is 29.8 Å². The van der Waals surface area contributed by atoms with Gasteiger partial charge in [0.25, 0.3) is 0 Å². The Labute approximate surface area is 175 Å². The second-order valence-corrected chi connectivity index (χ2v) is 6.37. The second kappa shape index (κ2) is 14.7. The molecule has 144 valence electrons. The van der Waals surface area contributed by atoms with Crippen molar-refractivity contribution in [3.05, 3.63) is 34.1 Å². The van der Waals surface area contributed by atoms with Gasteiger partial charge < -0.3 is 20.3 Å². The largest absolute Gasteiger partial charge is 0.385 e. The highest BCUT2D eigenvalue weighted by Crippen LogP contribution is 2.16. The Kier molecular flexibility index (Phi) is 14.4. The number of ether oxygens (including phenoxy) is 1. The van der Waals surface area contributed by atoms with Crippen molar-refractivity contribution in [3.63, 3.8) is 0 Å². The summed E-state index contributed by atoms with van der Waals surface area (Å²) >= 11 is 3.16. The Bertz CT molecular complexity index is 519. The molecule has 0 atom stereocenters. The van der Waals surface area contributed by atoms with Gasteiger partial charge in [-0.2, -0.15) is 0 Å². The zero-order valence-corrected chi connectivity index (χ0v) is 19.1. The molecular weight excluding hydrogens is 502 g/mol. The fourth-order valence-corrected chi connectivity index (χ4v) is 2.35. The summed E-state index contributed by atoms with van der Waals surface area (Å²) < 4.78 is 19.1. The minimum absolute atomic E-state index is 0. The predicted octanol–water partition coefficient (Wildman–Crippen LogP) is 3.23. The lowest BCUT2D eigenvalue weighted by Gasteiger charge is -2.18. The number of guanidine groups is 1. The van der Waals surface area contributed by atoms with Gasteiger partial charge in [0.05, 0.1) is 11.0 Å². The van der Waals surface area contributed by atoms with Gasteiger partial charge in [0.15, 0.2) is 5.96 Å². The van der Waals surface area contributed by atoms with Crippen molar-refractivity contribution in [1.82, 2.24) is 15.5 Å². The van der Waals surface area contributed by atoms with Crippen molar-refractivity contribution in [2.45, 2.75) is 19.9 Å². The summed E-state index contributed by atoms with van der Waals surface area (Å²) in [6.07, 6.45) is 1.02. The molecule has 0 spiro atoms. The molecular formula is C17H29BrFIN4O. The maximum atomic E-state index is 13.5. The lowest BCUT2D eigenvalue weighted by Crippen LogP contribution is -2.41. The summed E-state index contributed by atoms with van der Waals surface area (Å²) in [5.41, 5.74) is 0.838. The van der Waals surface area contributed by atoms with Gasteiger partial charge in [-0.1, -0.05) is 6.07 Å². The molecule has 1 aromatic carbocycles. The standard InChI is InChI=1S/C17H28BrFN4O.HI/c1-4-20-17(21-8-10-23(2)9-5-11-24-3)22-13-14-6-7-15(18)16(19)12-14;/h6-7,12H,4-5,8-11,13H2,1-3H3,(H2,20,21,22);1H. The predicted molar refractivity (Wildman–Crippen MR) is 116 cm³/mol. The number of halogens is 3. The third kappa shape index (κ3) is 11.0. The monoisotopic (exact) mass is 530 g/mol. The number of rotatable bonds is 10. The maximum Gasteiger partial charge on any atom is 0.191 e. The van der Waals surface area contributed by atoms with Gasteiger partial charge in [-0.05, 0) is 54.0 Å². The molecule has 0 aliphatic heterocycles. The molecule has 5 nitrogen and oxygen atoms in total. The smallest absolute Gasteiger partial charge is 0.191 e. The van der Waals surface area contributed by atoms with Crippen molar-refractivity contribution in [2.24, 2.45) is 4.99 Å². The van der Waals surface area contributed by atoms with Gasteiger partial charge in [0.2, 0.25) is 0 Å². The maximum absolute atomic E-state index is 13.5. The van der Waals surface area contributed by atoms with E-state index in [4.69, 9.17) is 4.74 Å². The molecule has 0 bridgehead atoms. The van der Waals surface area contributed by atoms with Crippen LogP contribution in [0.2, 0.25) is 0 Å². The van der Waals surface area contributed by atoms with Gasteiger partial charge in [0.1, 0.15) is 5.82 Å². The van der Waals surface area contributed by atoms with E-state index in [9.17, 15) is 4.39 Å². The topological polar surface area (TPSA) is 48.9 Å². The molecule has 0 aliphatic rings. The number of aliphatic imine (C=N–C) groups is 1. The summed E-state index contributed by atoms with van der Waals surface area (Å²) in [6.45, 7) is 6.73. The molecule has 1 aromatic rings. The van der Waals surface area contributed by atoms with E-state index in [1.54, 1.807) is 13.2 Å². The van der Waals surface area contributed by atoms with Gasteiger partial charge >= 0.3 is 0 Å². The van der Waals surface area contributed by atoms with Crippen LogP contribution in [0.5, 0.6) is 0 Å². The SMILES string of the molecule is CCNC(=NCc1ccc(Br)c(F)c1)NCCN(C)CCCOC.I. The van der Waals surface area contributed by atoms with Crippen LogP contribution >= 0.6 is 39.9 Å². The van der Waals surface area contributed by atoms with Crippen molar-refractivity contribution >= 4 is 45.9 Å². The first-order valence-electron chi connectivity index (χ1n) is 8.20. The van der Waals surface area contributed by atoms with Gasteiger partial charge in [0, 0.05) is 39.9 Å². The Morgan fingerprint density at radius 2 is 2.08 bits per heavy atom. The Morgan fingerprint density at radius 3 is 2.72 bits per heavy atom. The molecule has 1 rings (SSSR count). The summed E-state index contributed by atoms with van der Waals surface area (Å²) in [5, 5.41) is 6.50. The fraction of sp³-hybridized carbons (Fsp3) is 0.588. The first-order chi connectivity index (χ1) is 11.6. The van der Waals surface area contributed by atoms with Crippen LogP contribution in [0.15, 0.2) is 27.7 Å². The molecule has 0 aromatic heterocycles. The van der Waals surface area contributed by atoms with Crippen LogP contribution in [0.4, 0.5) is 4.39 Å². The number of hydrogen-bond donors (Lipinski definition) is 2. The highest BCUT2D eigenvalue weighted by Gasteiger charge is 2.03. The number of methoxy groups -OCH3 is 1. The first kappa shape index (κ1) is 24.6. The van der Waals surface area contributed by atoms with E-state index in [0.29, 0.717) is 11.0 Å². The van der Waals surface area contributed by atoms with Crippen molar-refractivity contribution < 1.29 is 9.13 Å². The molecule has 2 N–H and O–H groups in total. The molecule has 0 radical (unpaired) electrons. The summed E-state index contributed by atoms with van der Waals surface area (Å²) in [6, 6.07) is 5.07. The molecule has 25 heavy (non-hydrogen) atoms. The van der Waals surface area contributed by atoms with Gasteiger partial charge in [-0.25, -0.2) is 9.38 Å². The van der Waals surface area contributed by atoms with E-state index >= 15 is 0 Å². The zero-order chi connectivity index (χ0) is 17.8. The molecule has 0 aliphatic carbocycles. The molecule has 0 saturated carbocycles. The van der Waals surface area contributed by atoms with Crippen LogP contribution in [0.3, 0.4) is 0 Å². The third-order valence-electron chi connectivity index (χ3n) is 3.42. The highest BCUT2D eigenvalue weighted by molar-refractivity contribution is 14.0. The van der Waals surface area contributed by atoms with E-state index in [1.165, 1.54) is 6.07 Å². The number of likely N-dealkylation sites (N-methyl/N-ethyl adjacent to an activating group) is 1. The van der Waals surface area contributed by atoms with Crippen LogP contribution in [0.25, 0.3) is 0 Å². The number of benzene rings is 1. The molecule has 0 unspecified atom stereocenters. The van der Waals surface area contributed by atoms with E-state index < -0.39 is 0 Å². The minimum Gasteiger partial charge on any atom is -0.385 e. The molecule has 0 heterocycles. The average molecular weight is 531 g/mol. The fourth-order valence-electron chi connectivity index (χ4n) is 2.11. The van der Waals surface area contributed by atoms with Crippen molar-refractivity contribution in [3.8, 4) is 0 Å². The Morgan fingerprint density at radius 1 is 1.32 bits per heavy atom. The van der Waals surface area contributed by atoms with E-state index in [1.807, 2.05) is 13.0 Å². The Hall–Kier alpha value is -0.450. The number of nitrogens with zero attached hydrogens (tertiary/aromatic N) is 2. The number of nitrogens with one attached hydrogen (secondary N) is 2. The normalized spacial score (nSPS) is 11.4. The minimum atomic E-state index is -0.265. The van der Waals surface area contributed by atoms with Crippen LogP contribution < -0.4 is 10.6 Å². The first-order valence-corrected chi connectivity index (χ1v) is 8.99. The lowest BCUT2D eigenvalue weighted by molar-refractivity contribution is 0.180. The average Bonchev–Trinajstić information content (AvgIpc) is 2.56. The van der Waals surface area contributed by atoms with Crippen LogP contribution in [0.1, 0.15) is 18.9 Å². The second-order valence-electron chi connectivity index (χ2n) is 5.52. The van der Waals surface area contributed by atoms with Crippen molar-refractivity contribution in [2.75, 3.05) is 46.9 Å². The summed E-state index contributed by atoms with van der Waals surface area (Å²) in [7, 11) is 3.81. The summed E-state index contributed by atoms with van der Waals surface area (Å²) in [4.78, 5) is 6.75. The van der Waals surface area contributed by atoms with Gasteiger partial charge in [-0.15, -0.1) is 24.0 Å². The molecule has 0 amide bonds. The molecule has 0 saturated heterocycles. The van der Waals surface area contributed by atoms with Gasteiger partial charge in [-0.3, -0.25) is 0 Å². The van der Waals surface area contributed by atoms with Crippen molar-refractivity contribution in [1.29, 1.82) is 0 Å². The Balaban J connectivity index is 0.00000576. The highest BCUT2D eigenvalue weighted by atomic mass is 127. The number of hydrogen-bond acceptors (Lipinski definition) is 3. The third-order valence-corrected chi connectivity index (χ3v) is 4.07. The lowest BCUT2D eigenvalue weighted by atomic mass is 10.2. The van der Waals surface area contributed by atoms with Crippen LogP contribution in [0, 0.1) is 5.82 Å². The van der Waals surface area contributed by atoms with Crippen LogP contribution in [-0.2, 0) is 11.3 Å². The van der Waals surface area contributed by atoms with Crippen LogP contribution in [-0.4, -0.2) is 57.8 Å². The van der Waals surface area contributed by atoms with E-state index in [0.717, 1.165) is 50.7 Å². The van der Waals surface area contributed by atoms with E-state index in [2.05, 4.69) is 43.5 Å². The summed E-state index contributed by atoms with van der Waals surface area (Å²) in [5.74, 6) is 0.476. The quantitative estimate of drug-likeness (QED) is 0.211.